The highest BCUT2D eigenvalue weighted by atomic mass is 16.6. The lowest BCUT2D eigenvalue weighted by molar-refractivity contribution is 0.0523. The van der Waals surface area contributed by atoms with E-state index in [4.69, 9.17) is 10.5 Å². The highest BCUT2D eigenvalue weighted by Crippen LogP contribution is 2.18. The van der Waals surface area contributed by atoms with Gasteiger partial charge in [-0.25, -0.2) is 4.79 Å². The SMILES string of the molecule is CN(CN)c1ccccc1CNC(=O)OC(C)(C)C. The van der Waals surface area contributed by atoms with Crippen LogP contribution in [0.4, 0.5) is 10.5 Å². The average molecular weight is 265 g/mol. The van der Waals surface area contributed by atoms with Crippen LogP contribution in [-0.4, -0.2) is 25.4 Å². The zero-order valence-corrected chi connectivity index (χ0v) is 12.1. The maximum absolute atomic E-state index is 11.6. The molecule has 1 aromatic rings. The van der Waals surface area contributed by atoms with Gasteiger partial charge in [-0.1, -0.05) is 18.2 Å². The molecule has 0 unspecified atom stereocenters. The monoisotopic (exact) mass is 265 g/mol. The van der Waals surface area contributed by atoms with Gasteiger partial charge in [-0.3, -0.25) is 0 Å². The Morgan fingerprint density at radius 2 is 2.00 bits per heavy atom. The smallest absolute Gasteiger partial charge is 0.407 e. The summed E-state index contributed by atoms with van der Waals surface area (Å²) < 4.78 is 5.20. The first-order valence-corrected chi connectivity index (χ1v) is 6.29. The molecule has 1 amide bonds. The molecule has 0 aromatic heterocycles. The number of amides is 1. The number of carbonyl (C=O) groups excluding carboxylic acids is 1. The Morgan fingerprint density at radius 3 is 2.58 bits per heavy atom. The van der Waals surface area contributed by atoms with Crippen LogP contribution in [0.2, 0.25) is 0 Å². The van der Waals surface area contributed by atoms with Crippen LogP contribution in [0, 0.1) is 0 Å². The van der Waals surface area contributed by atoms with E-state index in [-0.39, 0.29) is 0 Å². The summed E-state index contributed by atoms with van der Waals surface area (Å²) >= 11 is 0. The van der Waals surface area contributed by atoms with E-state index in [0.717, 1.165) is 11.3 Å². The van der Waals surface area contributed by atoms with Crippen molar-refractivity contribution in [1.29, 1.82) is 0 Å². The lowest BCUT2D eigenvalue weighted by Crippen LogP contribution is -2.33. The molecule has 0 heterocycles. The number of alkyl carbamates (subject to hydrolysis) is 1. The summed E-state index contributed by atoms with van der Waals surface area (Å²) in [5.74, 6) is 0. The average Bonchev–Trinajstić information content (AvgIpc) is 2.33. The second-order valence-corrected chi connectivity index (χ2v) is 5.36. The first kappa shape index (κ1) is 15.3. The van der Waals surface area contributed by atoms with Gasteiger partial charge in [0.15, 0.2) is 0 Å². The summed E-state index contributed by atoms with van der Waals surface area (Å²) in [5.41, 5.74) is 7.14. The summed E-state index contributed by atoms with van der Waals surface area (Å²) in [6.45, 7) is 6.34. The number of hydrogen-bond donors (Lipinski definition) is 2. The molecule has 1 aromatic carbocycles. The Balaban J connectivity index is 2.65. The minimum atomic E-state index is -0.488. The molecule has 1 rings (SSSR count). The summed E-state index contributed by atoms with van der Waals surface area (Å²) in [6, 6.07) is 7.80. The number of benzene rings is 1. The van der Waals surface area contributed by atoms with Crippen LogP contribution in [0.15, 0.2) is 24.3 Å². The molecule has 0 aliphatic heterocycles. The fourth-order valence-corrected chi connectivity index (χ4v) is 1.61. The van der Waals surface area contributed by atoms with Crippen molar-refractivity contribution >= 4 is 11.8 Å². The zero-order valence-electron chi connectivity index (χ0n) is 12.1. The predicted octanol–water partition coefficient (Wildman–Crippen LogP) is 2.06. The molecule has 0 saturated carbocycles. The lowest BCUT2D eigenvalue weighted by atomic mass is 10.1. The maximum Gasteiger partial charge on any atom is 0.407 e. The number of carbonyl (C=O) groups is 1. The van der Waals surface area contributed by atoms with Gasteiger partial charge in [0, 0.05) is 19.3 Å². The Morgan fingerprint density at radius 1 is 1.37 bits per heavy atom. The minimum Gasteiger partial charge on any atom is -0.444 e. The molecule has 0 aliphatic carbocycles. The van der Waals surface area contributed by atoms with Crippen molar-refractivity contribution in [2.75, 3.05) is 18.6 Å². The Bertz CT molecular complexity index is 427. The highest BCUT2D eigenvalue weighted by Gasteiger charge is 2.16. The summed E-state index contributed by atoms with van der Waals surface area (Å²) in [7, 11) is 1.91. The Labute approximate surface area is 114 Å². The fourth-order valence-electron chi connectivity index (χ4n) is 1.61. The van der Waals surface area contributed by atoms with Gasteiger partial charge >= 0.3 is 6.09 Å². The van der Waals surface area contributed by atoms with Gasteiger partial charge in [0.1, 0.15) is 5.60 Å². The zero-order chi connectivity index (χ0) is 14.5. The molecule has 0 saturated heterocycles. The van der Waals surface area contributed by atoms with Crippen molar-refractivity contribution in [2.45, 2.75) is 32.9 Å². The molecule has 0 radical (unpaired) electrons. The largest absolute Gasteiger partial charge is 0.444 e. The number of hydrogen-bond acceptors (Lipinski definition) is 4. The maximum atomic E-state index is 11.6. The molecule has 106 valence electrons. The second-order valence-electron chi connectivity index (χ2n) is 5.36. The summed E-state index contributed by atoms with van der Waals surface area (Å²) in [6.07, 6.45) is -0.419. The minimum absolute atomic E-state index is 0.412. The quantitative estimate of drug-likeness (QED) is 0.818. The molecular weight excluding hydrogens is 242 g/mol. The van der Waals surface area contributed by atoms with Crippen LogP contribution >= 0.6 is 0 Å². The number of rotatable bonds is 4. The van der Waals surface area contributed by atoms with Crippen LogP contribution in [0.1, 0.15) is 26.3 Å². The lowest BCUT2D eigenvalue weighted by Gasteiger charge is -2.22. The first-order chi connectivity index (χ1) is 8.83. The molecule has 5 nitrogen and oxygen atoms in total. The van der Waals surface area contributed by atoms with Crippen LogP contribution < -0.4 is 16.0 Å². The number of nitrogens with one attached hydrogen (secondary N) is 1. The van der Waals surface area contributed by atoms with Gasteiger partial charge in [-0.15, -0.1) is 0 Å². The van der Waals surface area contributed by atoms with E-state index in [1.165, 1.54) is 0 Å². The van der Waals surface area contributed by atoms with Gasteiger partial charge < -0.3 is 20.7 Å². The number of nitrogens with zero attached hydrogens (tertiary/aromatic N) is 1. The van der Waals surface area contributed by atoms with Crippen LogP contribution in [0.3, 0.4) is 0 Å². The molecule has 5 heteroatoms. The van der Waals surface area contributed by atoms with Gasteiger partial charge in [0.2, 0.25) is 0 Å². The van der Waals surface area contributed by atoms with Gasteiger partial charge in [0.25, 0.3) is 0 Å². The van der Waals surface area contributed by atoms with Gasteiger partial charge in [-0.2, -0.15) is 0 Å². The van der Waals surface area contributed by atoms with E-state index in [0.29, 0.717) is 13.2 Å². The van der Waals surface area contributed by atoms with E-state index in [9.17, 15) is 4.79 Å². The third kappa shape index (κ3) is 5.18. The normalized spacial score (nSPS) is 11.0. The Hall–Kier alpha value is -1.75. The topological polar surface area (TPSA) is 67.6 Å². The number of nitrogens with two attached hydrogens (primary N) is 1. The molecule has 0 aliphatic rings. The van der Waals surface area contributed by atoms with Crippen molar-refractivity contribution < 1.29 is 9.53 Å². The van der Waals surface area contributed by atoms with Crippen molar-refractivity contribution in [1.82, 2.24) is 5.32 Å². The third-order valence-electron chi connectivity index (χ3n) is 2.50. The number of anilines is 1. The van der Waals surface area contributed by atoms with Gasteiger partial charge in [-0.05, 0) is 32.4 Å². The summed E-state index contributed by atoms with van der Waals surface area (Å²) in [5, 5.41) is 2.75. The molecule has 0 atom stereocenters. The van der Waals surface area contributed by atoms with E-state index in [1.807, 2.05) is 57.0 Å². The predicted molar refractivity (Wildman–Crippen MR) is 77.0 cm³/mol. The van der Waals surface area contributed by atoms with E-state index in [2.05, 4.69) is 5.32 Å². The standard InChI is InChI=1S/C14H23N3O2/c1-14(2,3)19-13(18)16-9-11-7-5-6-8-12(11)17(4)10-15/h5-8H,9-10,15H2,1-4H3,(H,16,18). The second kappa shape index (κ2) is 6.43. The molecule has 0 fully saturated rings. The van der Waals surface area contributed by atoms with E-state index in [1.54, 1.807) is 0 Å². The number of para-hydroxylation sites is 1. The Kier molecular flexibility index (Phi) is 5.18. The van der Waals surface area contributed by atoms with Crippen LogP contribution in [0.5, 0.6) is 0 Å². The fraction of sp³-hybridized carbons (Fsp3) is 0.500. The number of ether oxygens (including phenoxy) is 1. The van der Waals surface area contributed by atoms with E-state index >= 15 is 0 Å². The van der Waals surface area contributed by atoms with Crippen LogP contribution in [-0.2, 0) is 11.3 Å². The van der Waals surface area contributed by atoms with Crippen molar-refractivity contribution in [3.8, 4) is 0 Å². The first-order valence-electron chi connectivity index (χ1n) is 6.29. The van der Waals surface area contributed by atoms with Crippen molar-refractivity contribution in [3.63, 3.8) is 0 Å². The third-order valence-corrected chi connectivity index (χ3v) is 2.50. The van der Waals surface area contributed by atoms with Crippen LogP contribution in [0.25, 0.3) is 0 Å². The van der Waals surface area contributed by atoms with E-state index < -0.39 is 11.7 Å². The molecular formula is C14H23N3O2. The molecule has 3 N–H and O–H groups in total. The molecule has 0 spiro atoms. The van der Waals surface area contributed by atoms with Crippen molar-refractivity contribution in [3.05, 3.63) is 29.8 Å². The molecule has 0 bridgehead atoms. The van der Waals surface area contributed by atoms with Gasteiger partial charge in [0.05, 0.1) is 6.67 Å². The summed E-state index contributed by atoms with van der Waals surface area (Å²) in [4.78, 5) is 13.5. The highest BCUT2D eigenvalue weighted by molar-refractivity contribution is 5.68. The molecule has 19 heavy (non-hydrogen) atoms. The van der Waals surface area contributed by atoms with Crippen molar-refractivity contribution in [2.24, 2.45) is 5.73 Å².